The van der Waals surface area contributed by atoms with Gasteiger partial charge in [0.2, 0.25) is 0 Å². The Hall–Kier alpha value is -0.200. The van der Waals surface area contributed by atoms with E-state index in [1.807, 2.05) is 0 Å². The fraction of sp³-hybridized carbons (Fsp3) is 1.00. The van der Waals surface area contributed by atoms with E-state index in [4.69, 9.17) is 15.3 Å². The predicted molar refractivity (Wildman–Crippen MR) is 66.6 cm³/mol. The van der Waals surface area contributed by atoms with Crippen molar-refractivity contribution in [2.45, 2.75) is 43.9 Å². The van der Waals surface area contributed by atoms with Gasteiger partial charge in [0.05, 0.1) is 18.8 Å². The maximum atomic E-state index is 5.79. The molecule has 2 aliphatic rings. The quantitative estimate of drug-likeness (QED) is 0.530. The highest BCUT2D eigenvalue weighted by Gasteiger charge is 2.27. The summed E-state index contributed by atoms with van der Waals surface area (Å²) in [5, 5.41) is 0. The Labute approximate surface area is 104 Å². The molecule has 3 atom stereocenters. The largest absolute Gasteiger partial charge is 0.378 e. The van der Waals surface area contributed by atoms with Crippen molar-refractivity contribution in [1.29, 1.82) is 0 Å². The molecule has 0 aliphatic carbocycles. The summed E-state index contributed by atoms with van der Waals surface area (Å²) >= 11 is 0. The molecule has 2 saturated heterocycles. The molecule has 2 fully saturated rings. The van der Waals surface area contributed by atoms with Gasteiger partial charge in [0, 0.05) is 25.7 Å². The fourth-order valence-electron chi connectivity index (χ4n) is 2.67. The lowest BCUT2D eigenvalue weighted by atomic mass is 10.0. The van der Waals surface area contributed by atoms with Crippen molar-refractivity contribution in [3.05, 3.63) is 0 Å². The second-order valence-electron chi connectivity index (χ2n) is 5.16. The molecule has 100 valence electrons. The van der Waals surface area contributed by atoms with Crippen molar-refractivity contribution in [2.24, 2.45) is 5.84 Å². The van der Waals surface area contributed by atoms with Crippen molar-refractivity contribution < 1.29 is 9.47 Å². The van der Waals surface area contributed by atoms with E-state index in [1.54, 1.807) is 0 Å². The van der Waals surface area contributed by atoms with E-state index >= 15 is 0 Å². The van der Waals surface area contributed by atoms with Crippen LogP contribution in [0.4, 0.5) is 0 Å². The predicted octanol–water partition coefficient (Wildman–Crippen LogP) is 0.108. The summed E-state index contributed by atoms with van der Waals surface area (Å²) in [6.45, 7) is 3.70. The van der Waals surface area contributed by atoms with Gasteiger partial charge < -0.3 is 14.4 Å². The zero-order valence-electron chi connectivity index (χ0n) is 10.7. The number of morpholine rings is 1. The van der Waals surface area contributed by atoms with Crippen LogP contribution in [0.25, 0.3) is 0 Å². The molecule has 3 unspecified atom stereocenters. The number of likely N-dealkylation sites (N-methyl/N-ethyl adjacent to an activating group) is 1. The SMILES string of the molecule is CN1CCOC(C(CCC2CCCO2)NN)C1. The highest BCUT2D eigenvalue weighted by molar-refractivity contribution is 4.82. The Kier molecular flexibility index (Phi) is 5.18. The Balaban J connectivity index is 1.74. The third kappa shape index (κ3) is 3.89. The van der Waals surface area contributed by atoms with Crippen molar-refractivity contribution in [3.8, 4) is 0 Å². The highest BCUT2D eigenvalue weighted by Crippen LogP contribution is 2.19. The minimum absolute atomic E-state index is 0.208. The molecular weight excluding hydrogens is 218 g/mol. The maximum Gasteiger partial charge on any atom is 0.0868 e. The van der Waals surface area contributed by atoms with Crippen LogP contribution in [0.5, 0.6) is 0 Å². The van der Waals surface area contributed by atoms with E-state index in [2.05, 4.69) is 17.4 Å². The third-order valence-electron chi connectivity index (χ3n) is 3.78. The molecule has 5 nitrogen and oxygen atoms in total. The molecule has 0 bridgehead atoms. The van der Waals surface area contributed by atoms with Gasteiger partial charge in [0.15, 0.2) is 0 Å². The van der Waals surface area contributed by atoms with Crippen LogP contribution in [0.2, 0.25) is 0 Å². The lowest BCUT2D eigenvalue weighted by molar-refractivity contribution is -0.0421. The first kappa shape index (κ1) is 13.2. The van der Waals surface area contributed by atoms with E-state index < -0.39 is 0 Å². The van der Waals surface area contributed by atoms with Crippen molar-refractivity contribution >= 4 is 0 Å². The lowest BCUT2D eigenvalue weighted by Gasteiger charge is -2.35. The zero-order chi connectivity index (χ0) is 12.1. The Morgan fingerprint density at radius 3 is 2.94 bits per heavy atom. The summed E-state index contributed by atoms with van der Waals surface area (Å²) in [5.41, 5.74) is 2.91. The third-order valence-corrected chi connectivity index (χ3v) is 3.78. The maximum absolute atomic E-state index is 5.79. The molecule has 0 radical (unpaired) electrons. The molecule has 0 aromatic heterocycles. The molecular formula is C12H25N3O2. The summed E-state index contributed by atoms with van der Waals surface area (Å²) in [5.74, 6) is 5.64. The average Bonchev–Trinajstić information content (AvgIpc) is 2.83. The number of ether oxygens (including phenoxy) is 2. The van der Waals surface area contributed by atoms with Crippen LogP contribution in [0.3, 0.4) is 0 Å². The molecule has 0 aromatic rings. The van der Waals surface area contributed by atoms with E-state index in [9.17, 15) is 0 Å². The van der Waals surface area contributed by atoms with Crippen LogP contribution >= 0.6 is 0 Å². The molecule has 5 heteroatoms. The molecule has 0 spiro atoms. The van der Waals surface area contributed by atoms with Crippen molar-refractivity contribution in [1.82, 2.24) is 10.3 Å². The lowest BCUT2D eigenvalue weighted by Crippen LogP contribution is -2.53. The molecule has 3 N–H and O–H groups in total. The Morgan fingerprint density at radius 1 is 1.41 bits per heavy atom. The van der Waals surface area contributed by atoms with Gasteiger partial charge in [-0.15, -0.1) is 0 Å². The van der Waals surface area contributed by atoms with Gasteiger partial charge in [-0.2, -0.15) is 0 Å². The standard InChI is InChI=1S/C12H25N3O2/c1-15-6-8-17-12(9-15)11(14-13)5-4-10-3-2-7-16-10/h10-12,14H,2-9,13H2,1H3. The summed E-state index contributed by atoms with van der Waals surface area (Å²) in [7, 11) is 2.13. The first-order chi connectivity index (χ1) is 8.29. The van der Waals surface area contributed by atoms with Gasteiger partial charge >= 0.3 is 0 Å². The summed E-state index contributed by atoms with van der Waals surface area (Å²) in [6, 6.07) is 0.238. The molecule has 2 rings (SSSR count). The van der Waals surface area contributed by atoms with Crippen molar-refractivity contribution in [2.75, 3.05) is 33.4 Å². The van der Waals surface area contributed by atoms with Gasteiger partial charge in [-0.05, 0) is 32.7 Å². The summed E-state index contributed by atoms with van der Waals surface area (Å²) in [6.07, 6.45) is 5.15. The Bertz CT molecular complexity index is 222. The molecule has 0 amide bonds. The topological polar surface area (TPSA) is 59.8 Å². The molecule has 2 aliphatic heterocycles. The number of hydrazine groups is 1. The van der Waals surface area contributed by atoms with Gasteiger partial charge in [0.25, 0.3) is 0 Å². The van der Waals surface area contributed by atoms with E-state index in [0.717, 1.165) is 39.1 Å². The first-order valence-corrected chi connectivity index (χ1v) is 6.67. The van der Waals surface area contributed by atoms with Crippen LogP contribution in [-0.4, -0.2) is 56.5 Å². The minimum atomic E-state index is 0.208. The number of hydrogen-bond donors (Lipinski definition) is 2. The zero-order valence-corrected chi connectivity index (χ0v) is 10.7. The number of hydrogen-bond acceptors (Lipinski definition) is 5. The van der Waals surface area contributed by atoms with Gasteiger partial charge in [0.1, 0.15) is 0 Å². The first-order valence-electron chi connectivity index (χ1n) is 6.67. The fourth-order valence-corrected chi connectivity index (χ4v) is 2.67. The van der Waals surface area contributed by atoms with Crippen LogP contribution in [0.1, 0.15) is 25.7 Å². The van der Waals surface area contributed by atoms with Crippen LogP contribution in [0.15, 0.2) is 0 Å². The monoisotopic (exact) mass is 243 g/mol. The van der Waals surface area contributed by atoms with E-state index in [0.29, 0.717) is 6.10 Å². The molecule has 0 saturated carbocycles. The second kappa shape index (κ2) is 6.66. The molecule has 2 heterocycles. The van der Waals surface area contributed by atoms with E-state index in [-0.39, 0.29) is 12.1 Å². The average molecular weight is 243 g/mol. The van der Waals surface area contributed by atoms with Gasteiger partial charge in [-0.25, -0.2) is 0 Å². The normalized spacial score (nSPS) is 32.8. The number of rotatable bonds is 5. The number of nitrogens with two attached hydrogens (primary N) is 1. The number of nitrogens with one attached hydrogen (secondary N) is 1. The number of nitrogens with zero attached hydrogens (tertiary/aromatic N) is 1. The smallest absolute Gasteiger partial charge is 0.0868 e. The van der Waals surface area contributed by atoms with Crippen LogP contribution in [-0.2, 0) is 9.47 Å². The molecule has 17 heavy (non-hydrogen) atoms. The molecule has 0 aromatic carbocycles. The van der Waals surface area contributed by atoms with E-state index in [1.165, 1.54) is 12.8 Å². The van der Waals surface area contributed by atoms with Crippen LogP contribution < -0.4 is 11.3 Å². The Morgan fingerprint density at radius 2 is 2.29 bits per heavy atom. The summed E-state index contributed by atoms with van der Waals surface area (Å²) in [4.78, 5) is 2.30. The minimum Gasteiger partial charge on any atom is -0.378 e. The van der Waals surface area contributed by atoms with Gasteiger partial charge in [-0.3, -0.25) is 11.3 Å². The summed E-state index contributed by atoms with van der Waals surface area (Å²) < 4.78 is 11.4. The van der Waals surface area contributed by atoms with Crippen molar-refractivity contribution in [3.63, 3.8) is 0 Å². The van der Waals surface area contributed by atoms with Crippen LogP contribution in [0, 0.1) is 0 Å². The highest BCUT2D eigenvalue weighted by atomic mass is 16.5. The van der Waals surface area contributed by atoms with Gasteiger partial charge in [-0.1, -0.05) is 0 Å². The second-order valence-corrected chi connectivity index (χ2v) is 5.16.